The van der Waals surface area contributed by atoms with Crippen LogP contribution < -0.4 is 0 Å². The zero-order chi connectivity index (χ0) is 5.70. The van der Waals surface area contributed by atoms with Crippen molar-refractivity contribution in [2.45, 2.75) is 18.6 Å². The van der Waals surface area contributed by atoms with Crippen molar-refractivity contribution in [3.63, 3.8) is 0 Å². The Morgan fingerprint density at radius 2 is 2.57 bits per heavy atom. The van der Waals surface area contributed by atoms with Gasteiger partial charge in [-0.3, -0.25) is 0 Å². The third kappa shape index (κ3) is 4.11. The van der Waals surface area contributed by atoms with E-state index in [4.69, 9.17) is 6.42 Å². The van der Waals surface area contributed by atoms with Gasteiger partial charge in [0.05, 0.1) is 0 Å². The third-order valence-electron chi connectivity index (χ3n) is 0.585. The quantitative estimate of drug-likeness (QED) is 0.340. The van der Waals surface area contributed by atoms with Crippen molar-refractivity contribution in [3.05, 3.63) is 0 Å². The van der Waals surface area contributed by atoms with Crippen LogP contribution in [0, 0.1) is 12.3 Å². The van der Waals surface area contributed by atoms with Gasteiger partial charge in [-0.15, -0.1) is 24.0 Å². The molecule has 0 rings (SSSR count). The molecule has 0 N–H and O–H groups in total. The standard InChI is InChI=1S/C5H8S2/c1-3-4-5(2)7-6/h1,5-6H,4H2,2H3. The molecule has 0 nitrogen and oxygen atoms in total. The molecule has 0 aromatic heterocycles. The fraction of sp³-hybridized carbons (Fsp3) is 0.600. The second kappa shape index (κ2) is 4.42. The summed E-state index contributed by atoms with van der Waals surface area (Å²) in [6, 6.07) is 0. The molecule has 0 aliphatic carbocycles. The summed E-state index contributed by atoms with van der Waals surface area (Å²) in [5.74, 6) is 2.55. The van der Waals surface area contributed by atoms with Gasteiger partial charge in [0.1, 0.15) is 0 Å². The molecule has 0 aliphatic heterocycles. The van der Waals surface area contributed by atoms with Crippen LogP contribution >= 0.6 is 22.5 Å². The van der Waals surface area contributed by atoms with E-state index >= 15 is 0 Å². The van der Waals surface area contributed by atoms with Crippen LogP contribution in [0.25, 0.3) is 0 Å². The molecule has 0 aliphatic rings. The lowest BCUT2D eigenvalue weighted by atomic mass is 10.3. The van der Waals surface area contributed by atoms with Gasteiger partial charge in [0.2, 0.25) is 0 Å². The fourth-order valence-corrected chi connectivity index (χ4v) is 0.598. The average Bonchev–Trinajstić information content (AvgIpc) is 1.68. The van der Waals surface area contributed by atoms with Crippen LogP contribution in [0.5, 0.6) is 0 Å². The summed E-state index contributed by atoms with van der Waals surface area (Å²) in [6.45, 7) is 2.05. The molecule has 0 fully saturated rings. The van der Waals surface area contributed by atoms with Crippen molar-refractivity contribution >= 4 is 22.5 Å². The summed E-state index contributed by atoms with van der Waals surface area (Å²) in [5, 5.41) is 0.494. The summed E-state index contributed by atoms with van der Waals surface area (Å²) in [7, 11) is 1.50. The van der Waals surface area contributed by atoms with E-state index in [2.05, 4.69) is 24.5 Å². The van der Waals surface area contributed by atoms with E-state index in [1.165, 1.54) is 10.8 Å². The Labute approximate surface area is 53.9 Å². The summed E-state index contributed by atoms with van der Waals surface area (Å²) >= 11 is 3.97. The van der Waals surface area contributed by atoms with Crippen LogP contribution in [-0.4, -0.2) is 5.25 Å². The van der Waals surface area contributed by atoms with Crippen LogP contribution in [0.15, 0.2) is 0 Å². The zero-order valence-electron chi connectivity index (χ0n) is 4.22. The number of rotatable bonds is 2. The summed E-state index contributed by atoms with van der Waals surface area (Å²) in [4.78, 5) is 0. The minimum Gasteiger partial charge on any atom is -0.120 e. The molecule has 1 atom stereocenters. The molecule has 1 unspecified atom stereocenters. The van der Waals surface area contributed by atoms with Gasteiger partial charge in [-0.05, 0) is 0 Å². The molecule has 40 valence electrons. The maximum absolute atomic E-state index is 5.01. The first-order chi connectivity index (χ1) is 3.31. The Morgan fingerprint density at radius 3 is 2.71 bits per heavy atom. The number of hydrogen-bond acceptors (Lipinski definition) is 2. The van der Waals surface area contributed by atoms with Crippen molar-refractivity contribution in [3.8, 4) is 12.3 Å². The van der Waals surface area contributed by atoms with E-state index in [0.717, 1.165) is 6.42 Å². The van der Waals surface area contributed by atoms with Gasteiger partial charge in [-0.1, -0.05) is 17.7 Å². The minimum atomic E-state index is 0.494. The maximum Gasteiger partial charge on any atom is 0.0230 e. The second-order valence-electron chi connectivity index (χ2n) is 1.32. The fourth-order valence-electron chi connectivity index (χ4n) is 0.203. The molecule has 0 amide bonds. The first kappa shape index (κ1) is 7.26. The Morgan fingerprint density at radius 1 is 2.00 bits per heavy atom. The van der Waals surface area contributed by atoms with Crippen LogP contribution in [0.1, 0.15) is 13.3 Å². The maximum atomic E-state index is 5.01. The van der Waals surface area contributed by atoms with Crippen molar-refractivity contribution in [1.82, 2.24) is 0 Å². The Bertz CT molecular complexity index is 72.6. The van der Waals surface area contributed by atoms with Crippen LogP contribution in [0.2, 0.25) is 0 Å². The molecule has 7 heavy (non-hydrogen) atoms. The molecule has 0 aromatic carbocycles. The molecule has 0 bridgehead atoms. The molecule has 0 saturated heterocycles. The Kier molecular flexibility index (Phi) is 4.58. The van der Waals surface area contributed by atoms with E-state index in [0.29, 0.717) is 5.25 Å². The van der Waals surface area contributed by atoms with Gasteiger partial charge in [0, 0.05) is 11.7 Å². The lowest BCUT2D eigenvalue weighted by molar-refractivity contribution is 1.02. The lowest BCUT2D eigenvalue weighted by Crippen LogP contribution is -1.87. The van der Waals surface area contributed by atoms with Crippen LogP contribution in [-0.2, 0) is 0 Å². The van der Waals surface area contributed by atoms with Gasteiger partial charge < -0.3 is 0 Å². The van der Waals surface area contributed by atoms with Crippen LogP contribution in [0.3, 0.4) is 0 Å². The van der Waals surface area contributed by atoms with Crippen molar-refractivity contribution in [2.75, 3.05) is 0 Å². The third-order valence-corrected chi connectivity index (χ3v) is 2.19. The molecule has 0 spiro atoms. The van der Waals surface area contributed by atoms with E-state index in [1.54, 1.807) is 0 Å². The predicted octanol–water partition coefficient (Wildman–Crippen LogP) is 1.98. The topological polar surface area (TPSA) is 0 Å². The Hall–Kier alpha value is 0.260. The van der Waals surface area contributed by atoms with Gasteiger partial charge in [0.15, 0.2) is 0 Å². The van der Waals surface area contributed by atoms with E-state index in [1.807, 2.05) is 0 Å². The highest BCUT2D eigenvalue weighted by Crippen LogP contribution is 2.15. The number of hydrogen-bond donors (Lipinski definition) is 1. The van der Waals surface area contributed by atoms with Gasteiger partial charge in [-0.2, -0.15) is 0 Å². The average molecular weight is 132 g/mol. The van der Waals surface area contributed by atoms with E-state index in [9.17, 15) is 0 Å². The predicted molar refractivity (Wildman–Crippen MR) is 39.5 cm³/mol. The monoisotopic (exact) mass is 132 g/mol. The van der Waals surface area contributed by atoms with Gasteiger partial charge >= 0.3 is 0 Å². The zero-order valence-corrected chi connectivity index (χ0v) is 5.93. The second-order valence-corrected chi connectivity index (χ2v) is 2.97. The molecule has 0 heterocycles. The van der Waals surface area contributed by atoms with Gasteiger partial charge in [-0.25, -0.2) is 0 Å². The minimum absolute atomic E-state index is 0.494. The van der Waals surface area contributed by atoms with Crippen molar-refractivity contribution in [2.24, 2.45) is 0 Å². The molecular weight excluding hydrogens is 124 g/mol. The SMILES string of the molecule is C#CCC(C)SS. The smallest absolute Gasteiger partial charge is 0.0230 e. The van der Waals surface area contributed by atoms with Crippen LogP contribution in [0.4, 0.5) is 0 Å². The highest BCUT2D eigenvalue weighted by atomic mass is 33.1. The normalized spacial score (nSPS) is 12.7. The largest absolute Gasteiger partial charge is 0.120 e. The molecule has 0 aromatic rings. The molecule has 0 radical (unpaired) electrons. The molecule has 2 heteroatoms. The summed E-state index contributed by atoms with van der Waals surface area (Å²) < 4.78 is 0. The van der Waals surface area contributed by atoms with Gasteiger partial charge in [0.25, 0.3) is 0 Å². The Balaban J connectivity index is 3.03. The van der Waals surface area contributed by atoms with Crippen molar-refractivity contribution < 1.29 is 0 Å². The molecule has 0 saturated carbocycles. The summed E-state index contributed by atoms with van der Waals surface area (Å²) in [6.07, 6.45) is 5.82. The summed E-state index contributed by atoms with van der Waals surface area (Å²) in [5.41, 5.74) is 0. The number of thiol groups is 1. The van der Waals surface area contributed by atoms with E-state index < -0.39 is 0 Å². The highest BCUT2D eigenvalue weighted by Gasteiger charge is 1.92. The first-order valence-electron chi connectivity index (χ1n) is 2.05. The lowest BCUT2D eigenvalue weighted by Gasteiger charge is -1.97. The molecular formula is C5H8S2. The highest BCUT2D eigenvalue weighted by molar-refractivity contribution is 8.68. The van der Waals surface area contributed by atoms with E-state index in [-0.39, 0.29) is 0 Å². The number of terminal acetylenes is 1. The first-order valence-corrected chi connectivity index (χ1v) is 3.98. The van der Waals surface area contributed by atoms with Crippen molar-refractivity contribution in [1.29, 1.82) is 0 Å².